The molecular formula is C13H26N2O. The zero-order valence-corrected chi connectivity index (χ0v) is 10.8. The van der Waals surface area contributed by atoms with Gasteiger partial charge >= 0.3 is 0 Å². The lowest BCUT2D eigenvalue weighted by molar-refractivity contribution is 0.124. The van der Waals surface area contributed by atoms with Gasteiger partial charge in [0.15, 0.2) is 0 Å². The van der Waals surface area contributed by atoms with Crippen LogP contribution in [-0.4, -0.2) is 47.8 Å². The van der Waals surface area contributed by atoms with E-state index >= 15 is 0 Å². The molecule has 0 aromatic heterocycles. The first-order chi connectivity index (χ1) is 7.61. The highest BCUT2D eigenvalue weighted by Crippen LogP contribution is 2.34. The third kappa shape index (κ3) is 2.41. The van der Waals surface area contributed by atoms with Crippen LogP contribution in [-0.2, 0) is 0 Å². The number of aliphatic hydroxyl groups excluding tert-OH is 1. The van der Waals surface area contributed by atoms with Gasteiger partial charge in [-0.3, -0.25) is 0 Å². The summed E-state index contributed by atoms with van der Waals surface area (Å²) < 4.78 is 0. The summed E-state index contributed by atoms with van der Waals surface area (Å²) in [5, 5.41) is 13.0. The first-order valence-electron chi connectivity index (χ1n) is 6.70. The normalized spacial score (nSPS) is 36.9. The van der Waals surface area contributed by atoms with Gasteiger partial charge < -0.3 is 15.3 Å². The molecule has 0 aromatic rings. The predicted octanol–water partition coefficient (Wildman–Crippen LogP) is 1.22. The van der Waals surface area contributed by atoms with Crippen LogP contribution in [0.2, 0.25) is 0 Å². The summed E-state index contributed by atoms with van der Waals surface area (Å²) in [4.78, 5) is 2.56. The van der Waals surface area contributed by atoms with Crippen LogP contribution in [0.3, 0.4) is 0 Å². The predicted molar refractivity (Wildman–Crippen MR) is 66.4 cm³/mol. The van der Waals surface area contributed by atoms with Gasteiger partial charge in [0.25, 0.3) is 0 Å². The smallest absolute Gasteiger partial charge is 0.0587 e. The van der Waals surface area contributed by atoms with E-state index in [0.29, 0.717) is 12.0 Å². The molecule has 0 amide bonds. The van der Waals surface area contributed by atoms with Crippen molar-refractivity contribution in [3.63, 3.8) is 0 Å². The third-order valence-electron chi connectivity index (χ3n) is 4.55. The summed E-state index contributed by atoms with van der Waals surface area (Å²) in [7, 11) is 2.27. The molecule has 3 unspecified atom stereocenters. The minimum absolute atomic E-state index is 0.263. The molecule has 3 nitrogen and oxygen atoms in total. The second-order valence-corrected chi connectivity index (χ2v) is 5.92. The summed E-state index contributed by atoms with van der Waals surface area (Å²) in [6, 6.07) is 2.45. The zero-order valence-electron chi connectivity index (χ0n) is 10.8. The number of nitrogens with zero attached hydrogens (tertiary/aromatic N) is 1. The summed E-state index contributed by atoms with van der Waals surface area (Å²) >= 11 is 0. The van der Waals surface area contributed by atoms with E-state index in [0.717, 1.165) is 12.1 Å². The van der Waals surface area contributed by atoms with E-state index < -0.39 is 0 Å². The molecule has 2 aliphatic heterocycles. The molecule has 2 bridgehead atoms. The Morgan fingerprint density at radius 2 is 1.81 bits per heavy atom. The molecule has 3 heteroatoms. The fourth-order valence-electron chi connectivity index (χ4n) is 3.31. The van der Waals surface area contributed by atoms with Crippen LogP contribution in [0.15, 0.2) is 0 Å². The lowest BCUT2D eigenvalue weighted by atomic mass is 9.95. The van der Waals surface area contributed by atoms with Crippen molar-refractivity contribution >= 4 is 0 Å². The molecule has 2 fully saturated rings. The molecule has 2 N–H and O–H groups in total. The average molecular weight is 226 g/mol. The molecule has 0 aromatic carbocycles. The highest BCUT2D eigenvalue weighted by Gasteiger charge is 2.38. The van der Waals surface area contributed by atoms with Gasteiger partial charge in [-0.25, -0.2) is 0 Å². The van der Waals surface area contributed by atoms with Crippen molar-refractivity contribution in [2.75, 3.05) is 13.7 Å². The standard InChI is InChI=1S/C13H26N2O/c1-9(2)13(8-16)14-10-6-11-4-5-12(7-10)15(11)3/h9-14,16H,4-8H2,1-3H3. The molecule has 2 aliphatic rings. The van der Waals surface area contributed by atoms with E-state index in [4.69, 9.17) is 0 Å². The van der Waals surface area contributed by atoms with Crippen molar-refractivity contribution in [2.24, 2.45) is 5.92 Å². The second kappa shape index (κ2) is 5.03. The van der Waals surface area contributed by atoms with Gasteiger partial charge in [-0.15, -0.1) is 0 Å². The highest BCUT2D eigenvalue weighted by atomic mass is 16.3. The van der Waals surface area contributed by atoms with Gasteiger partial charge in [0, 0.05) is 24.2 Å². The molecule has 0 saturated carbocycles. The second-order valence-electron chi connectivity index (χ2n) is 5.92. The van der Waals surface area contributed by atoms with Gasteiger partial charge in [-0.2, -0.15) is 0 Å². The Morgan fingerprint density at radius 1 is 1.25 bits per heavy atom. The molecule has 94 valence electrons. The van der Waals surface area contributed by atoms with Gasteiger partial charge in [-0.05, 0) is 38.6 Å². The maximum Gasteiger partial charge on any atom is 0.0587 e. The zero-order chi connectivity index (χ0) is 11.7. The number of hydrogen-bond acceptors (Lipinski definition) is 3. The van der Waals surface area contributed by atoms with E-state index in [1.54, 1.807) is 0 Å². The topological polar surface area (TPSA) is 35.5 Å². The Hall–Kier alpha value is -0.120. The maximum absolute atomic E-state index is 9.35. The van der Waals surface area contributed by atoms with E-state index in [1.807, 2.05) is 0 Å². The van der Waals surface area contributed by atoms with E-state index in [2.05, 4.69) is 31.1 Å². The first-order valence-corrected chi connectivity index (χ1v) is 6.70. The molecule has 2 heterocycles. The van der Waals surface area contributed by atoms with Crippen LogP contribution in [0.4, 0.5) is 0 Å². The van der Waals surface area contributed by atoms with E-state index in [-0.39, 0.29) is 12.6 Å². The first kappa shape index (κ1) is 12.3. The van der Waals surface area contributed by atoms with E-state index in [1.165, 1.54) is 25.7 Å². The van der Waals surface area contributed by atoms with Gasteiger partial charge in [-0.1, -0.05) is 13.8 Å². The van der Waals surface area contributed by atoms with Crippen LogP contribution < -0.4 is 5.32 Å². The summed E-state index contributed by atoms with van der Waals surface area (Å²) in [5.41, 5.74) is 0. The minimum Gasteiger partial charge on any atom is -0.395 e. The van der Waals surface area contributed by atoms with Crippen molar-refractivity contribution < 1.29 is 5.11 Å². The maximum atomic E-state index is 9.35. The molecular weight excluding hydrogens is 200 g/mol. The fourth-order valence-corrected chi connectivity index (χ4v) is 3.31. The molecule has 3 atom stereocenters. The van der Waals surface area contributed by atoms with Crippen molar-refractivity contribution in [2.45, 2.75) is 63.7 Å². The number of hydrogen-bond donors (Lipinski definition) is 2. The number of piperidine rings is 1. The Kier molecular flexibility index (Phi) is 3.88. The van der Waals surface area contributed by atoms with Crippen LogP contribution in [0.1, 0.15) is 39.5 Å². The summed E-state index contributed by atoms with van der Waals surface area (Å²) in [6.45, 7) is 4.62. The Balaban J connectivity index is 1.88. The third-order valence-corrected chi connectivity index (χ3v) is 4.55. The van der Waals surface area contributed by atoms with Crippen LogP contribution >= 0.6 is 0 Å². The number of nitrogens with one attached hydrogen (secondary N) is 1. The van der Waals surface area contributed by atoms with E-state index in [9.17, 15) is 5.11 Å². The van der Waals surface area contributed by atoms with Crippen LogP contribution in [0.5, 0.6) is 0 Å². The lowest BCUT2D eigenvalue weighted by Gasteiger charge is -2.38. The van der Waals surface area contributed by atoms with Gasteiger partial charge in [0.05, 0.1) is 6.61 Å². The number of aliphatic hydroxyl groups is 1. The summed E-state index contributed by atoms with van der Waals surface area (Å²) in [6.07, 6.45) is 5.25. The number of rotatable bonds is 4. The molecule has 16 heavy (non-hydrogen) atoms. The summed E-state index contributed by atoms with van der Waals surface area (Å²) in [5.74, 6) is 0.516. The molecule has 2 saturated heterocycles. The Labute approximate surface area is 99.2 Å². The molecule has 0 radical (unpaired) electrons. The average Bonchev–Trinajstić information content (AvgIpc) is 2.51. The molecule has 0 aliphatic carbocycles. The minimum atomic E-state index is 0.263. The molecule has 2 rings (SSSR count). The largest absolute Gasteiger partial charge is 0.395 e. The van der Waals surface area contributed by atoms with Crippen LogP contribution in [0.25, 0.3) is 0 Å². The Morgan fingerprint density at radius 3 is 2.25 bits per heavy atom. The van der Waals surface area contributed by atoms with Gasteiger partial charge in [0.1, 0.15) is 0 Å². The van der Waals surface area contributed by atoms with Crippen molar-refractivity contribution in [1.82, 2.24) is 10.2 Å². The Bertz CT molecular complexity index is 218. The van der Waals surface area contributed by atoms with Crippen molar-refractivity contribution in [1.29, 1.82) is 0 Å². The van der Waals surface area contributed by atoms with Crippen LogP contribution in [0, 0.1) is 5.92 Å². The molecule has 0 spiro atoms. The SMILES string of the molecule is CC(C)C(CO)NC1CC2CCC(C1)N2C. The monoisotopic (exact) mass is 226 g/mol. The number of fused-ring (bicyclic) bond motifs is 2. The lowest BCUT2D eigenvalue weighted by Crippen LogP contribution is -2.51. The van der Waals surface area contributed by atoms with Crippen molar-refractivity contribution in [3.8, 4) is 0 Å². The van der Waals surface area contributed by atoms with Gasteiger partial charge in [0.2, 0.25) is 0 Å². The highest BCUT2D eigenvalue weighted by molar-refractivity contribution is 4.96. The fraction of sp³-hybridized carbons (Fsp3) is 1.00. The van der Waals surface area contributed by atoms with Crippen molar-refractivity contribution in [3.05, 3.63) is 0 Å². The quantitative estimate of drug-likeness (QED) is 0.756.